The first-order chi connectivity index (χ1) is 6.05. The van der Waals surface area contributed by atoms with Crippen LogP contribution in [0.3, 0.4) is 0 Å². The highest BCUT2D eigenvalue weighted by molar-refractivity contribution is 6.02. The van der Waals surface area contributed by atoms with E-state index in [0.717, 1.165) is 24.0 Å². The fraction of sp³-hybridized carbons (Fsp3) is 0.636. The Bertz CT molecular complexity index is 325. The predicted octanol–water partition coefficient (Wildman–Crippen LogP) is 2.04. The van der Waals surface area contributed by atoms with E-state index in [9.17, 15) is 9.59 Å². The zero-order valence-electron chi connectivity index (χ0n) is 8.14. The van der Waals surface area contributed by atoms with Crippen LogP contribution in [-0.2, 0) is 9.59 Å². The molecule has 0 heterocycles. The number of fused-ring (bicyclic) bond motifs is 1. The topological polar surface area (TPSA) is 34.1 Å². The third-order valence-corrected chi connectivity index (χ3v) is 3.61. The molecule has 0 aromatic heterocycles. The first-order valence-corrected chi connectivity index (χ1v) is 4.82. The van der Waals surface area contributed by atoms with Crippen LogP contribution in [0.1, 0.15) is 39.5 Å². The van der Waals surface area contributed by atoms with Crippen molar-refractivity contribution in [2.75, 3.05) is 0 Å². The summed E-state index contributed by atoms with van der Waals surface area (Å²) in [6, 6.07) is 0. The summed E-state index contributed by atoms with van der Waals surface area (Å²) in [7, 11) is 0. The molecule has 1 atom stereocenters. The van der Waals surface area contributed by atoms with Crippen molar-refractivity contribution in [3.05, 3.63) is 11.1 Å². The predicted molar refractivity (Wildman–Crippen MR) is 49.3 cm³/mol. The molecular weight excluding hydrogens is 164 g/mol. The van der Waals surface area contributed by atoms with Crippen molar-refractivity contribution in [3.63, 3.8) is 0 Å². The molecule has 0 amide bonds. The second-order valence-electron chi connectivity index (χ2n) is 4.28. The summed E-state index contributed by atoms with van der Waals surface area (Å²) in [4.78, 5) is 23.1. The fourth-order valence-electron chi connectivity index (χ4n) is 2.57. The van der Waals surface area contributed by atoms with Crippen molar-refractivity contribution in [1.82, 2.24) is 0 Å². The molecule has 13 heavy (non-hydrogen) atoms. The molecule has 0 aromatic carbocycles. The second-order valence-corrected chi connectivity index (χ2v) is 4.28. The third kappa shape index (κ3) is 1.01. The van der Waals surface area contributed by atoms with E-state index in [1.165, 1.54) is 0 Å². The molecule has 2 nitrogen and oxygen atoms in total. The lowest BCUT2D eigenvalue weighted by Gasteiger charge is -2.29. The molecule has 1 fully saturated rings. The van der Waals surface area contributed by atoms with Crippen LogP contribution in [-0.4, -0.2) is 11.6 Å². The third-order valence-electron chi connectivity index (χ3n) is 3.61. The molecule has 2 heteroatoms. The Hall–Kier alpha value is -0.920. The Kier molecular flexibility index (Phi) is 1.69. The molecule has 0 saturated heterocycles. The van der Waals surface area contributed by atoms with E-state index >= 15 is 0 Å². The molecule has 0 N–H and O–H groups in total. The van der Waals surface area contributed by atoms with Crippen molar-refractivity contribution in [2.45, 2.75) is 39.5 Å². The maximum absolute atomic E-state index is 11.6. The average molecular weight is 178 g/mol. The van der Waals surface area contributed by atoms with Crippen molar-refractivity contribution in [1.29, 1.82) is 0 Å². The molecule has 2 aliphatic rings. The van der Waals surface area contributed by atoms with Gasteiger partial charge in [0.15, 0.2) is 5.78 Å². The van der Waals surface area contributed by atoms with Crippen molar-refractivity contribution in [3.8, 4) is 0 Å². The van der Waals surface area contributed by atoms with Crippen LogP contribution < -0.4 is 0 Å². The Morgan fingerprint density at radius 1 is 1.15 bits per heavy atom. The summed E-state index contributed by atoms with van der Waals surface area (Å²) in [6.45, 7) is 3.86. The highest BCUT2D eigenvalue weighted by atomic mass is 16.1. The molecule has 0 radical (unpaired) electrons. The van der Waals surface area contributed by atoms with Gasteiger partial charge in [0.05, 0.1) is 0 Å². The Balaban J connectivity index is 2.54. The number of rotatable bonds is 0. The maximum atomic E-state index is 11.6. The van der Waals surface area contributed by atoms with Crippen molar-refractivity contribution < 1.29 is 9.59 Å². The van der Waals surface area contributed by atoms with Gasteiger partial charge in [-0.05, 0) is 32.3 Å². The van der Waals surface area contributed by atoms with Gasteiger partial charge in [-0.15, -0.1) is 0 Å². The molecule has 1 unspecified atom stereocenters. The van der Waals surface area contributed by atoms with E-state index in [-0.39, 0.29) is 11.2 Å². The Morgan fingerprint density at radius 3 is 2.54 bits per heavy atom. The van der Waals surface area contributed by atoms with E-state index in [0.29, 0.717) is 18.6 Å². The molecule has 1 saturated carbocycles. The summed E-state index contributed by atoms with van der Waals surface area (Å²) in [5, 5.41) is 0. The van der Waals surface area contributed by atoms with E-state index in [1.54, 1.807) is 0 Å². The molecular formula is C11H14O2. The van der Waals surface area contributed by atoms with Crippen molar-refractivity contribution >= 4 is 11.6 Å². The summed E-state index contributed by atoms with van der Waals surface area (Å²) in [5.41, 5.74) is 1.70. The lowest BCUT2D eigenvalue weighted by atomic mass is 9.72. The highest BCUT2D eigenvalue weighted by Crippen LogP contribution is 2.47. The number of Topliss-reactive ketones (excluding diaryl/α,β-unsaturated/α-hetero) is 2. The molecule has 0 aliphatic heterocycles. The quantitative estimate of drug-likeness (QED) is 0.568. The van der Waals surface area contributed by atoms with Gasteiger partial charge in [0.1, 0.15) is 5.78 Å². The van der Waals surface area contributed by atoms with Crippen LogP contribution in [0.2, 0.25) is 0 Å². The first-order valence-electron chi connectivity index (χ1n) is 4.82. The Labute approximate surface area is 78.0 Å². The molecule has 2 aliphatic carbocycles. The van der Waals surface area contributed by atoms with Crippen molar-refractivity contribution in [2.24, 2.45) is 5.41 Å². The largest absolute Gasteiger partial charge is 0.299 e. The first kappa shape index (κ1) is 8.67. The van der Waals surface area contributed by atoms with Crippen LogP contribution in [0.25, 0.3) is 0 Å². The van der Waals surface area contributed by atoms with Crippen LogP contribution in [0.15, 0.2) is 11.1 Å². The van der Waals surface area contributed by atoms with Gasteiger partial charge in [-0.3, -0.25) is 9.59 Å². The molecule has 0 aromatic rings. The minimum Gasteiger partial charge on any atom is -0.299 e. The maximum Gasteiger partial charge on any atom is 0.158 e. The summed E-state index contributed by atoms with van der Waals surface area (Å²) >= 11 is 0. The summed E-state index contributed by atoms with van der Waals surface area (Å²) < 4.78 is 0. The van der Waals surface area contributed by atoms with Gasteiger partial charge < -0.3 is 0 Å². The van der Waals surface area contributed by atoms with Gasteiger partial charge >= 0.3 is 0 Å². The van der Waals surface area contributed by atoms with E-state index in [1.807, 2.05) is 13.8 Å². The second kappa shape index (κ2) is 2.53. The molecule has 0 bridgehead atoms. The Morgan fingerprint density at radius 2 is 1.85 bits per heavy atom. The standard InChI is InChI=1S/C11H14O2/c1-7-8-3-4-10(13)11(8,2)6-5-9(7)12/h3-6H2,1-2H3. The van der Waals surface area contributed by atoms with Crippen LogP contribution in [0.5, 0.6) is 0 Å². The normalized spacial score (nSPS) is 34.0. The number of carbonyl (C=O) groups excluding carboxylic acids is 2. The van der Waals surface area contributed by atoms with Crippen LogP contribution in [0.4, 0.5) is 0 Å². The molecule has 70 valence electrons. The molecule has 0 spiro atoms. The van der Waals surface area contributed by atoms with E-state index < -0.39 is 0 Å². The minimum absolute atomic E-state index is 0.238. The van der Waals surface area contributed by atoms with Gasteiger partial charge in [-0.2, -0.15) is 0 Å². The summed E-state index contributed by atoms with van der Waals surface area (Å²) in [5.74, 6) is 0.566. The van der Waals surface area contributed by atoms with E-state index in [4.69, 9.17) is 0 Å². The number of hydrogen-bond donors (Lipinski definition) is 0. The zero-order valence-corrected chi connectivity index (χ0v) is 8.14. The van der Waals surface area contributed by atoms with Gasteiger partial charge in [0, 0.05) is 18.3 Å². The SMILES string of the molecule is CC1=C2CCC(=O)C2(C)CCC1=O. The smallest absolute Gasteiger partial charge is 0.158 e. The van der Waals surface area contributed by atoms with Gasteiger partial charge in [-0.1, -0.05) is 5.57 Å². The monoisotopic (exact) mass is 178 g/mol. The average Bonchev–Trinajstić information content (AvgIpc) is 2.39. The number of ketones is 2. The van der Waals surface area contributed by atoms with Crippen LogP contribution >= 0.6 is 0 Å². The van der Waals surface area contributed by atoms with Gasteiger partial charge in [0.2, 0.25) is 0 Å². The number of carbonyl (C=O) groups is 2. The minimum atomic E-state index is -0.280. The lowest BCUT2D eigenvalue weighted by molar-refractivity contribution is -0.125. The molecule has 2 rings (SSSR count). The van der Waals surface area contributed by atoms with Gasteiger partial charge in [-0.25, -0.2) is 0 Å². The number of hydrogen-bond acceptors (Lipinski definition) is 2. The fourth-order valence-corrected chi connectivity index (χ4v) is 2.57. The summed E-state index contributed by atoms with van der Waals surface area (Å²) in [6.07, 6.45) is 2.73. The highest BCUT2D eigenvalue weighted by Gasteiger charge is 2.45. The number of allylic oxidation sites excluding steroid dienone is 2. The van der Waals surface area contributed by atoms with Gasteiger partial charge in [0.25, 0.3) is 0 Å². The van der Waals surface area contributed by atoms with E-state index in [2.05, 4.69) is 0 Å². The van der Waals surface area contributed by atoms with Crippen LogP contribution in [0, 0.1) is 5.41 Å². The lowest BCUT2D eigenvalue weighted by Crippen LogP contribution is -2.29. The zero-order chi connectivity index (χ0) is 9.64.